The van der Waals surface area contributed by atoms with Gasteiger partial charge in [-0.2, -0.15) is 0 Å². The number of allylic oxidation sites excluding steroid dienone is 1. The number of hydrogen-bond donors (Lipinski definition) is 1. The first-order chi connectivity index (χ1) is 8.78. The van der Waals surface area contributed by atoms with Crippen LogP contribution in [0.1, 0.15) is 18.1 Å². The van der Waals surface area contributed by atoms with Crippen LogP contribution in [-0.4, -0.2) is 0 Å². The van der Waals surface area contributed by atoms with E-state index in [0.29, 0.717) is 0 Å². The predicted octanol–water partition coefficient (Wildman–Crippen LogP) is 4.63. The lowest BCUT2D eigenvalue weighted by molar-refractivity contribution is 1.38. The first-order valence-corrected chi connectivity index (χ1v) is 6.90. The molecule has 0 bridgehead atoms. The zero-order valence-corrected chi connectivity index (χ0v) is 11.3. The average molecular weight is 253 g/mol. The van der Waals surface area contributed by atoms with Crippen LogP contribution in [0.5, 0.6) is 0 Å². The maximum Gasteiger partial charge on any atom is 0.0485 e. The lowest BCUT2D eigenvalue weighted by atomic mass is 10.0. The van der Waals surface area contributed by atoms with Crippen LogP contribution in [0.25, 0.3) is 16.8 Å². The molecular formula is C16H15NS. The normalized spacial score (nSPS) is 15.6. The van der Waals surface area contributed by atoms with Crippen molar-refractivity contribution in [1.29, 1.82) is 0 Å². The minimum atomic E-state index is 1.21. The highest BCUT2D eigenvalue weighted by Gasteiger charge is 2.16. The fourth-order valence-corrected chi connectivity index (χ4v) is 3.00. The van der Waals surface area contributed by atoms with Crippen molar-refractivity contribution in [2.24, 2.45) is 0 Å². The van der Waals surface area contributed by atoms with E-state index in [9.17, 15) is 0 Å². The third-order valence-electron chi connectivity index (χ3n) is 3.21. The van der Waals surface area contributed by atoms with Crippen molar-refractivity contribution in [2.75, 3.05) is 0 Å². The zero-order valence-electron chi connectivity index (χ0n) is 10.5. The molecule has 1 aliphatic rings. The summed E-state index contributed by atoms with van der Waals surface area (Å²) in [5, 5.41) is 0. The highest BCUT2D eigenvalue weighted by molar-refractivity contribution is 7.98. The molecule has 0 radical (unpaired) electrons. The first kappa shape index (κ1) is 11.4. The van der Waals surface area contributed by atoms with Crippen molar-refractivity contribution in [3.05, 3.63) is 59.7 Å². The molecule has 0 amide bonds. The topological polar surface area (TPSA) is 12.0 Å². The molecule has 1 nitrogen and oxygen atoms in total. The van der Waals surface area contributed by atoms with Crippen LogP contribution in [0.3, 0.4) is 0 Å². The van der Waals surface area contributed by atoms with Crippen LogP contribution in [0.4, 0.5) is 0 Å². The van der Waals surface area contributed by atoms with Gasteiger partial charge in [-0.25, -0.2) is 0 Å². The molecule has 0 atom stereocenters. The molecule has 0 aliphatic carbocycles. The van der Waals surface area contributed by atoms with Crippen LogP contribution in [0.2, 0.25) is 0 Å². The summed E-state index contributed by atoms with van der Waals surface area (Å²) < 4.78 is 3.34. The fourth-order valence-electron chi connectivity index (χ4n) is 2.13. The van der Waals surface area contributed by atoms with Gasteiger partial charge < -0.3 is 4.72 Å². The molecule has 0 aromatic heterocycles. The van der Waals surface area contributed by atoms with Crippen molar-refractivity contribution < 1.29 is 0 Å². The maximum absolute atomic E-state index is 3.34. The summed E-state index contributed by atoms with van der Waals surface area (Å²) in [6, 6.07) is 15.3. The molecule has 0 spiro atoms. The van der Waals surface area contributed by atoms with Crippen LogP contribution >= 0.6 is 11.9 Å². The van der Waals surface area contributed by atoms with E-state index in [4.69, 9.17) is 0 Å². The van der Waals surface area contributed by atoms with Gasteiger partial charge >= 0.3 is 0 Å². The first-order valence-electron chi connectivity index (χ1n) is 6.08. The second-order valence-corrected chi connectivity index (χ2v) is 5.33. The summed E-state index contributed by atoms with van der Waals surface area (Å²) in [6.07, 6.45) is 2.12. The number of nitrogens with one attached hydrogen (secondary N) is 1. The van der Waals surface area contributed by atoms with Crippen LogP contribution in [0, 0.1) is 6.92 Å². The van der Waals surface area contributed by atoms with Crippen molar-refractivity contribution in [3.63, 3.8) is 0 Å². The summed E-state index contributed by atoms with van der Waals surface area (Å²) in [5.41, 5.74) is 6.36. The quantitative estimate of drug-likeness (QED) is 0.743. The van der Waals surface area contributed by atoms with Crippen molar-refractivity contribution in [1.82, 2.24) is 4.72 Å². The second-order valence-electron chi connectivity index (χ2n) is 4.48. The van der Waals surface area contributed by atoms with Gasteiger partial charge in [-0.1, -0.05) is 42.0 Å². The van der Waals surface area contributed by atoms with Gasteiger partial charge in [-0.05, 0) is 49.1 Å². The lowest BCUT2D eigenvalue weighted by Crippen LogP contribution is -1.91. The van der Waals surface area contributed by atoms with E-state index in [0.717, 1.165) is 0 Å². The minimum absolute atomic E-state index is 1.21. The number of benzene rings is 2. The molecule has 18 heavy (non-hydrogen) atoms. The van der Waals surface area contributed by atoms with Gasteiger partial charge in [0.2, 0.25) is 0 Å². The van der Waals surface area contributed by atoms with E-state index in [-0.39, 0.29) is 0 Å². The summed E-state index contributed by atoms with van der Waals surface area (Å²) in [7, 11) is 0. The predicted molar refractivity (Wildman–Crippen MR) is 79.3 cm³/mol. The Balaban J connectivity index is 2.07. The van der Waals surface area contributed by atoms with E-state index >= 15 is 0 Å². The molecule has 0 unspecified atom stereocenters. The highest BCUT2D eigenvalue weighted by atomic mass is 32.2. The van der Waals surface area contributed by atoms with E-state index in [2.05, 4.69) is 67.1 Å². The van der Waals surface area contributed by atoms with Crippen molar-refractivity contribution in [2.45, 2.75) is 18.7 Å². The largest absolute Gasteiger partial charge is 0.325 e. The Morgan fingerprint density at radius 2 is 1.72 bits per heavy atom. The van der Waals surface area contributed by atoms with E-state index in [1.54, 1.807) is 11.9 Å². The second kappa shape index (κ2) is 4.54. The van der Waals surface area contributed by atoms with Gasteiger partial charge in [0.1, 0.15) is 0 Å². The molecule has 1 heterocycles. The zero-order chi connectivity index (χ0) is 12.5. The van der Waals surface area contributed by atoms with Gasteiger partial charge in [0.25, 0.3) is 0 Å². The Kier molecular flexibility index (Phi) is 2.88. The van der Waals surface area contributed by atoms with Crippen molar-refractivity contribution >= 4 is 17.6 Å². The molecule has 1 N–H and O–H groups in total. The molecule has 2 aromatic carbocycles. The Morgan fingerprint density at radius 3 is 2.44 bits per heavy atom. The highest BCUT2D eigenvalue weighted by Crippen LogP contribution is 2.36. The van der Waals surface area contributed by atoms with Gasteiger partial charge in [0.05, 0.1) is 0 Å². The molecule has 90 valence electrons. The maximum atomic E-state index is 3.34. The number of aryl methyl sites for hydroxylation is 1. The number of rotatable bonds is 1. The smallest absolute Gasteiger partial charge is 0.0485 e. The summed E-state index contributed by atoms with van der Waals surface area (Å²) in [5.74, 6) is 0. The van der Waals surface area contributed by atoms with E-state index in [1.165, 1.54) is 32.8 Å². The summed E-state index contributed by atoms with van der Waals surface area (Å²) >= 11 is 1.69. The average Bonchev–Trinajstić information content (AvgIpc) is 2.81. The SMILES string of the molecule is C/C=C1\NSc2ccc(-c3ccc(C)cc3)cc21. The molecular weight excluding hydrogens is 238 g/mol. The van der Waals surface area contributed by atoms with Gasteiger partial charge in [-0.3, -0.25) is 0 Å². The molecule has 0 saturated heterocycles. The standard InChI is InChI=1S/C16H15NS/c1-3-15-14-10-13(8-9-16(14)18-17-15)12-6-4-11(2)5-7-12/h3-10,17H,1-2H3/b15-3-. The van der Waals surface area contributed by atoms with Crippen LogP contribution < -0.4 is 4.72 Å². The molecule has 1 aliphatic heterocycles. The molecule has 2 heteroatoms. The minimum Gasteiger partial charge on any atom is -0.325 e. The Bertz CT molecular complexity index is 611. The Labute approximate surface area is 112 Å². The van der Waals surface area contributed by atoms with E-state index < -0.39 is 0 Å². The molecule has 0 saturated carbocycles. The summed E-state index contributed by atoms with van der Waals surface area (Å²) in [4.78, 5) is 1.30. The van der Waals surface area contributed by atoms with Gasteiger partial charge in [-0.15, -0.1) is 0 Å². The molecule has 2 aromatic rings. The van der Waals surface area contributed by atoms with Crippen LogP contribution in [-0.2, 0) is 0 Å². The third kappa shape index (κ3) is 1.93. The molecule has 3 rings (SSSR count). The van der Waals surface area contributed by atoms with Gasteiger partial charge in [0, 0.05) is 16.2 Å². The van der Waals surface area contributed by atoms with E-state index in [1.807, 2.05) is 0 Å². The molecule has 0 fully saturated rings. The summed E-state index contributed by atoms with van der Waals surface area (Å²) in [6.45, 7) is 4.18. The fraction of sp³-hybridized carbons (Fsp3) is 0.125. The Morgan fingerprint density at radius 1 is 1.00 bits per heavy atom. The third-order valence-corrected chi connectivity index (χ3v) is 4.11. The number of hydrogen-bond acceptors (Lipinski definition) is 2. The van der Waals surface area contributed by atoms with Gasteiger partial charge in [0.15, 0.2) is 0 Å². The Hall–Kier alpha value is -1.67. The monoisotopic (exact) mass is 253 g/mol. The van der Waals surface area contributed by atoms with Crippen molar-refractivity contribution in [3.8, 4) is 11.1 Å². The number of fused-ring (bicyclic) bond motifs is 1. The lowest BCUT2D eigenvalue weighted by Gasteiger charge is -2.05. The van der Waals surface area contributed by atoms with Crippen LogP contribution in [0.15, 0.2) is 53.4 Å².